The van der Waals surface area contributed by atoms with Crippen molar-refractivity contribution < 1.29 is 14.3 Å². The number of rotatable bonds is 5. The van der Waals surface area contributed by atoms with Crippen LogP contribution in [0.3, 0.4) is 0 Å². The minimum Gasteiger partial charge on any atom is -0.481 e. The summed E-state index contributed by atoms with van der Waals surface area (Å²) in [5.41, 5.74) is 1.03. The SMILES string of the molecule is C[C@H](Oc1ccccc1)C(=O)Nc1ccc(N2CCOCC2)cn1. The van der Waals surface area contributed by atoms with E-state index in [-0.39, 0.29) is 5.91 Å². The minimum atomic E-state index is -0.604. The van der Waals surface area contributed by atoms with Crippen molar-refractivity contribution in [2.45, 2.75) is 13.0 Å². The highest BCUT2D eigenvalue weighted by molar-refractivity contribution is 5.93. The van der Waals surface area contributed by atoms with Gasteiger partial charge in [0.25, 0.3) is 5.91 Å². The van der Waals surface area contributed by atoms with Crippen molar-refractivity contribution >= 4 is 17.4 Å². The highest BCUT2D eigenvalue weighted by Crippen LogP contribution is 2.17. The fraction of sp³-hybridized carbons (Fsp3) is 0.333. The number of carbonyl (C=O) groups excluding carboxylic acids is 1. The summed E-state index contributed by atoms with van der Waals surface area (Å²) in [6.07, 6.45) is 1.16. The monoisotopic (exact) mass is 327 g/mol. The molecule has 0 unspecified atom stereocenters. The molecule has 0 bridgehead atoms. The van der Waals surface area contributed by atoms with Gasteiger partial charge in [0.05, 0.1) is 25.1 Å². The molecule has 2 aromatic rings. The molecule has 6 nitrogen and oxygen atoms in total. The normalized spacial score (nSPS) is 15.6. The Morgan fingerprint density at radius 3 is 2.62 bits per heavy atom. The maximum Gasteiger partial charge on any atom is 0.266 e. The molecular weight excluding hydrogens is 306 g/mol. The quantitative estimate of drug-likeness (QED) is 0.913. The number of nitrogens with zero attached hydrogens (tertiary/aromatic N) is 2. The first-order chi connectivity index (χ1) is 11.7. The van der Waals surface area contributed by atoms with Gasteiger partial charge in [0.2, 0.25) is 0 Å². The van der Waals surface area contributed by atoms with Crippen LogP contribution < -0.4 is 15.0 Å². The fourth-order valence-electron chi connectivity index (χ4n) is 2.45. The number of ether oxygens (including phenoxy) is 2. The van der Waals surface area contributed by atoms with Gasteiger partial charge < -0.3 is 19.7 Å². The summed E-state index contributed by atoms with van der Waals surface area (Å²) >= 11 is 0. The molecule has 3 rings (SSSR count). The van der Waals surface area contributed by atoms with E-state index in [9.17, 15) is 4.79 Å². The Bertz CT molecular complexity index is 655. The molecule has 0 aliphatic carbocycles. The Balaban J connectivity index is 1.55. The van der Waals surface area contributed by atoms with E-state index >= 15 is 0 Å². The lowest BCUT2D eigenvalue weighted by atomic mass is 10.3. The van der Waals surface area contributed by atoms with E-state index < -0.39 is 6.10 Å². The van der Waals surface area contributed by atoms with Gasteiger partial charge in [-0.25, -0.2) is 4.98 Å². The Kier molecular flexibility index (Phi) is 5.28. The van der Waals surface area contributed by atoms with E-state index in [1.165, 1.54) is 0 Å². The second-order valence-electron chi connectivity index (χ2n) is 5.56. The van der Waals surface area contributed by atoms with E-state index in [1.807, 2.05) is 36.4 Å². The maximum absolute atomic E-state index is 12.2. The van der Waals surface area contributed by atoms with Crippen molar-refractivity contribution in [3.63, 3.8) is 0 Å². The Labute approximate surface area is 141 Å². The number of pyridine rings is 1. The van der Waals surface area contributed by atoms with Crippen molar-refractivity contribution in [2.24, 2.45) is 0 Å². The van der Waals surface area contributed by atoms with Gasteiger partial charge in [-0.2, -0.15) is 0 Å². The topological polar surface area (TPSA) is 63.7 Å². The molecule has 1 saturated heterocycles. The van der Waals surface area contributed by atoms with E-state index in [1.54, 1.807) is 19.2 Å². The first-order valence-electron chi connectivity index (χ1n) is 8.04. The predicted molar refractivity (Wildman–Crippen MR) is 92.4 cm³/mol. The average molecular weight is 327 g/mol. The second-order valence-corrected chi connectivity index (χ2v) is 5.56. The molecule has 1 aromatic carbocycles. The molecule has 6 heteroatoms. The Morgan fingerprint density at radius 2 is 1.96 bits per heavy atom. The van der Waals surface area contributed by atoms with E-state index in [0.717, 1.165) is 32.0 Å². The van der Waals surface area contributed by atoms with Crippen molar-refractivity contribution in [3.8, 4) is 5.75 Å². The van der Waals surface area contributed by atoms with Crippen LogP contribution in [0.25, 0.3) is 0 Å². The summed E-state index contributed by atoms with van der Waals surface area (Å²) in [6, 6.07) is 13.0. The summed E-state index contributed by atoms with van der Waals surface area (Å²) in [5.74, 6) is 0.946. The molecule has 1 fully saturated rings. The number of amides is 1. The van der Waals surface area contributed by atoms with Crippen LogP contribution >= 0.6 is 0 Å². The molecule has 1 amide bonds. The van der Waals surface area contributed by atoms with Gasteiger partial charge in [0, 0.05) is 13.1 Å². The molecule has 0 saturated carbocycles. The van der Waals surface area contributed by atoms with Gasteiger partial charge in [-0.15, -0.1) is 0 Å². The van der Waals surface area contributed by atoms with Crippen LogP contribution in [0.5, 0.6) is 5.75 Å². The number of nitrogens with one attached hydrogen (secondary N) is 1. The fourth-order valence-corrected chi connectivity index (χ4v) is 2.45. The van der Waals surface area contributed by atoms with E-state index in [2.05, 4.69) is 15.2 Å². The van der Waals surface area contributed by atoms with E-state index in [4.69, 9.17) is 9.47 Å². The molecule has 24 heavy (non-hydrogen) atoms. The van der Waals surface area contributed by atoms with E-state index in [0.29, 0.717) is 11.6 Å². The zero-order valence-corrected chi connectivity index (χ0v) is 13.6. The highest BCUT2D eigenvalue weighted by atomic mass is 16.5. The molecule has 1 aliphatic rings. The number of hydrogen-bond donors (Lipinski definition) is 1. The third-order valence-electron chi connectivity index (χ3n) is 3.80. The van der Waals surface area contributed by atoms with Crippen molar-refractivity contribution in [2.75, 3.05) is 36.5 Å². The number of anilines is 2. The van der Waals surface area contributed by atoms with Crippen molar-refractivity contribution in [1.82, 2.24) is 4.98 Å². The van der Waals surface area contributed by atoms with Crippen LogP contribution in [-0.2, 0) is 9.53 Å². The van der Waals surface area contributed by atoms with Gasteiger partial charge >= 0.3 is 0 Å². The van der Waals surface area contributed by atoms with Gasteiger partial charge in [0.1, 0.15) is 11.6 Å². The van der Waals surface area contributed by atoms with Gasteiger partial charge in [-0.1, -0.05) is 18.2 Å². The molecule has 0 spiro atoms. The third kappa shape index (κ3) is 4.23. The van der Waals surface area contributed by atoms with Crippen LogP contribution in [-0.4, -0.2) is 43.3 Å². The maximum atomic E-state index is 12.2. The van der Waals surface area contributed by atoms with Gasteiger partial charge in [0.15, 0.2) is 6.10 Å². The average Bonchev–Trinajstić information content (AvgIpc) is 2.64. The van der Waals surface area contributed by atoms with Crippen LogP contribution in [0.2, 0.25) is 0 Å². The lowest BCUT2D eigenvalue weighted by molar-refractivity contribution is -0.122. The second kappa shape index (κ2) is 7.79. The molecular formula is C18H21N3O3. The van der Waals surface area contributed by atoms with Crippen LogP contribution in [0.15, 0.2) is 48.7 Å². The molecule has 0 radical (unpaired) electrons. The number of para-hydroxylation sites is 1. The number of aromatic nitrogens is 1. The lowest BCUT2D eigenvalue weighted by Gasteiger charge is -2.28. The molecule has 1 atom stereocenters. The molecule has 1 aliphatic heterocycles. The zero-order valence-electron chi connectivity index (χ0n) is 13.6. The standard InChI is InChI=1S/C18H21N3O3/c1-14(24-16-5-3-2-4-6-16)18(22)20-17-8-7-15(13-19-17)21-9-11-23-12-10-21/h2-8,13-14H,9-12H2,1H3,(H,19,20,22)/t14-/m0/s1. The number of morpholine rings is 1. The Hall–Kier alpha value is -2.60. The highest BCUT2D eigenvalue weighted by Gasteiger charge is 2.16. The largest absolute Gasteiger partial charge is 0.481 e. The van der Waals surface area contributed by atoms with Crippen molar-refractivity contribution in [3.05, 3.63) is 48.7 Å². The summed E-state index contributed by atoms with van der Waals surface area (Å²) in [6.45, 7) is 4.88. The predicted octanol–water partition coefficient (Wildman–Crippen LogP) is 2.32. The molecule has 126 valence electrons. The minimum absolute atomic E-state index is 0.231. The molecule has 1 N–H and O–H groups in total. The first-order valence-corrected chi connectivity index (χ1v) is 8.04. The van der Waals surface area contributed by atoms with Crippen molar-refractivity contribution in [1.29, 1.82) is 0 Å². The van der Waals surface area contributed by atoms with Crippen LogP contribution in [0, 0.1) is 0 Å². The molecule has 1 aromatic heterocycles. The number of benzene rings is 1. The van der Waals surface area contributed by atoms with Gasteiger partial charge in [-0.3, -0.25) is 4.79 Å². The number of carbonyl (C=O) groups is 1. The first kappa shape index (κ1) is 16.3. The lowest BCUT2D eigenvalue weighted by Crippen LogP contribution is -2.36. The smallest absolute Gasteiger partial charge is 0.266 e. The van der Waals surface area contributed by atoms with Gasteiger partial charge in [-0.05, 0) is 31.2 Å². The Morgan fingerprint density at radius 1 is 1.21 bits per heavy atom. The summed E-state index contributed by atoms with van der Waals surface area (Å²) < 4.78 is 10.9. The summed E-state index contributed by atoms with van der Waals surface area (Å²) in [4.78, 5) is 18.7. The molecule has 2 heterocycles. The summed E-state index contributed by atoms with van der Waals surface area (Å²) in [7, 11) is 0. The number of hydrogen-bond acceptors (Lipinski definition) is 5. The van der Waals surface area contributed by atoms with Crippen LogP contribution in [0.4, 0.5) is 11.5 Å². The van der Waals surface area contributed by atoms with Crippen LogP contribution in [0.1, 0.15) is 6.92 Å². The zero-order chi connectivity index (χ0) is 16.8. The summed E-state index contributed by atoms with van der Waals surface area (Å²) in [5, 5.41) is 2.77. The third-order valence-corrected chi connectivity index (χ3v) is 3.80.